The molecule has 1 saturated heterocycles. The highest BCUT2D eigenvalue weighted by Gasteiger charge is 2.21. The predicted octanol–water partition coefficient (Wildman–Crippen LogP) is 3.71. The molecule has 2 heterocycles. The molecule has 0 bridgehead atoms. The fourth-order valence-electron chi connectivity index (χ4n) is 3.27. The molecule has 1 amide bonds. The Balaban J connectivity index is 1.46. The van der Waals surface area contributed by atoms with E-state index in [1.54, 1.807) is 35.0 Å². The summed E-state index contributed by atoms with van der Waals surface area (Å²) < 4.78 is 17.1. The van der Waals surface area contributed by atoms with Gasteiger partial charge in [-0.1, -0.05) is 24.1 Å². The smallest absolute Gasteiger partial charge is 0.253 e. The number of carbonyl (C=O) groups is 1. The highest BCUT2D eigenvalue weighted by atomic mass is 32.2. The highest BCUT2D eigenvalue weighted by Crippen LogP contribution is 2.22. The lowest BCUT2D eigenvalue weighted by atomic mass is 10.1. The monoisotopic (exact) mass is 396 g/mol. The minimum atomic E-state index is -0.272. The topological polar surface area (TPSA) is 41.4 Å². The first-order valence-corrected chi connectivity index (χ1v) is 10.3. The van der Waals surface area contributed by atoms with Gasteiger partial charge < -0.3 is 4.90 Å². The molecule has 3 aromatic rings. The third-order valence-corrected chi connectivity index (χ3v) is 5.80. The Bertz CT molecular complexity index is 947. The van der Waals surface area contributed by atoms with E-state index in [0.717, 1.165) is 43.0 Å². The molecule has 144 valence electrons. The van der Waals surface area contributed by atoms with Crippen molar-refractivity contribution in [3.05, 3.63) is 72.3 Å². The number of piperazine rings is 1. The van der Waals surface area contributed by atoms with E-state index in [0.29, 0.717) is 5.56 Å². The number of aromatic nitrogens is 2. The molecule has 28 heavy (non-hydrogen) atoms. The normalized spacial score (nSPS) is 15.0. The summed E-state index contributed by atoms with van der Waals surface area (Å²) in [6.07, 6.45) is 5.72. The average molecular weight is 396 g/mol. The maximum absolute atomic E-state index is 13.1. The van der Waals surface area contributed by atoms with Gasteiger partial charge in [0.25, 0.3) is 5.91 Å². The summed E-state index contributed by atoms with van der Waals surface area (Å²) in [6, 6.07) is 13.8. The second-order valence-electron chi connectivity index (χ2n) is 6.63. The first-order valence-electron chi connectivity index (χ1n) is 9.13. The van der Waals surface area contributed by atoms with Crippen LogP contribution in [0.5, 0.6) is 0 Å². The quantitative estimate of drug-likeness (QED) is 0.631. The Labute approximate surface area is 167 Å². The molecule has 5 nitrogen and oxygen atoms in total. The average Bonchev–Trinajstić information content (AvgIpc) is 3.24. The number of amides is 1. The van der Waals surface area contributed by atoms with E-state index in [-0.39, 0.29) is 11.7 Å². The van der Waals surface area contributed by atoms with E-state index in [1.165, 1.54) is 12.1 Å². The molecular formula is C21H21FN4OS. The maximum Gasteiger partial charge on any atom is 0.253 e. The van der Waals surface area contributed by atoms with Crippen molar-refractivity contribution in [3.63, 3.8) is 0 Å². The van der Waals surface area contributed by atoms with Gasteiger partial charge in [-0.2, -0.15) is 5.10 Å². The van der Waals surface area contributed by atoms with Crippen LogP contribution in [0.2, 0.25) is 0 Å². The number of rotatable bonds is 4. The van der Waals surface area contributed by atoms with Gasteiger partial charge in [-0.05, 0) is 48.2 Å². The minimum Gasteiger partial charge on any atom is -0.336 e. The van der Waals surface area contributed by atoms with Crippen LogP contribution in [-0.2, 0) is 0 Å². The number of halogens is 1. The molecule has 0 N–H and O–H groups in total. The molecule has 0 saturated carbocycles. The van der Waals surface area contributed by atoms with Crippen molar-refractivity contribution in [2.45, 2.75) is 0 Å². The lowest BCUT2D eigenvalue weighted by Gasteiger charge is -2.33. The molecule has 1 aromatic heterocycles. The molecule has 0 aliphatic carbocycles. The Kier molecular flexibility index (Phi) is 5.45. The van der Waals surface area contributed by atoms with Gasteiger partial charge in [0.1, 0.15) is 5.82 Å². The fraction of sp³-hybridized carbons (Fsp3) is 0.238. The summed E-state index contributed by atoms with van der Waals surface area (Å²) in [4.78, 5) is 14.6. The lowest BCUT2D eigenvalue weighted by Crippen LogP contribution is -2.46. The molecule has 1 aliphatic heterocycles. The van der Waals surface area contributed by atoms with Crippen LogP contribution in [0.25, 0.3) is 16.8 Å². The summed E-state index contributed by atoms with van der Waals surface area (Å²) in [5.41, 5.74) is 3.42. The molecule has 7 heteroatoms. The van der Waals surface area contributed by atoms with Crippen LogP contribution in [0.1, 0.15) is 10.4 Å². The van der Waals surface area contributed by atoms with E-state index in [2.05, 4.69) is 15.7 Å². The van der Waals surface area contributed by atoms with Gasteiger partial charge >= 0.3 is 0 Å². The number of benzene rings is 2. The van der Waals surface area contributed by atoms with Crippen LogP contribution in [0, 0.1) is 5.82 Å². The van der Waals surface area contributed by atoms with Crippen molar-refractivity contribution in [2.75, 3.05) is 32.4 Å². The predicted molar refractivity (Wildman–Crippen MR) is 110 cm³/mol. The Morgan fingerprint density at radius 3 is 2.29 bits per heavy atom. The summed E-state index contributed by atoms with van der Waals surface area (Å²) in [7, 11) is 0. The standard InChI is InChI=1S/C21H21FN4OS/c1-28-25-12-10-24(11-13-25)21(27)17-4-2-16(3-5-17)18-14-23-26(15-18)20-8-6-19(22)7-9-20/h2-9,14-15H,10-13H2,1H3. The van der Waals surface area contributed by atoms with Gasteiger partial charge in [-0.3, -0.25) is 4.79 Å². The zero-order valence-electron chi connectivity index (χ0n) is 15.6. The highest BCUT2D eigenvalue weighted by molar-refractivity contribution is 7.96. The van der Waals surface area contributed by atoms with Gasteiger partial charge in [0.2, 0.25) is 0 Å². The zero-order chi connectivity index (χ0) is 19.5. The molecule has 2 aromatic carbocycles. The zero-order valence-corrected chi connectivity index (χ0v) is 16.4. The Hall–Kier alpha value is -2.64. The van der Waals surface area contributed by atoms with Gasteiger partial charge in [0, 0.05) is 43.5 Å². The van der Waals surface area contributed by atoms with Crippen molar-refractivity contribution in [1.29, 1.82) is 0 Å². The van der Waals surface area contributed by atoms with E-state index < -0.39 is 0 Å². The van der Waals surface area contributed by atoms with Crippen LogP contribution < -0.4 is 0 Å². The SMILES string of the molecule is CSN1CCN(C(=O)c2ccc(-c3cnn(-c4ccc(F)cc4)c3)cc2)CC1. The second-order valence-corrected chi connectivity index (χ2v) is 7.51. The first kappa shape index (κ1) is 18.7. The van der Waals surface area contributed by atoms with Crippen LogP contribution in [0.4, 0.5) is 4.39 Å². The van der Waals surface area contributed by atoms with Crippen LogP contribution in [-0.4, -0.2) is 57.3 Å². The van der Waals surface area contributed by atoms with Crippen molar-refractivity contribution in [2.24, 2.45) is 0 Å². The van der Waals surface area contributed by atoms with Crippen molar-refractivity contribution >= 4 is 17.9 Å². The second kappa shape index (κ2) is 8.16. The van der Waals surface area contributed by atoms with Crippen LogP contribution in [0.3, 0.4) is 0 Å². The third-order valence-electron chi connectivity index (χ3n) is 4.92. The summed E-state index contributed by atoms with van der Waals surface area (Å²) in [5, 5.41) is 4.35. The first-order chi connectivity index (χ1) is 13.6. The number of nitrogens with zero attached hydrogens (tertiary/aromatic N) is 4. The largest absolute Gasteiger partial charge is 0.336 e. The molecule has 1 fully saturated rings. The Morgan fingerprint density at radius 1 is 0.964 bits per heavy atom. The van der Waals surface area contributed by atoms with Gasteiger partial charge in [0.05, 0.1) is 11.9 Å². The maximum atomic E-state index is 13.1. The molecule has 0 radical (unpaired) electrons. The molecule has 0 spiro atoms. The minimum absolute atomic E-state index is 0.0781. The number of hydrogen-bond donors (Lipinski definition) is 0. The lowest BCUT2D eigenvalue weighted by molar-refractivity contribution is 0.0704. The number of hydrogen-bond acceptors (Lipinski definition) is 4. The Morgan fingerprint density at radius 2 is 1.64 bits per heavy atom. The summed E-state index contributed by atoms with van der Waals surface area (Å²) >= 11 is 1.72. The van der Waals surface area contributed by atoms with Crippen molar-refractivity contribution in [3.8, 4) is 16.8 Å². The van der Waals surface area contributed by atoms with Gasteiger partial charge in [-0.25, -0.2) is 13.4 Å². The molecule has 0 atom stereocenters. The summed E-state index contributed by atoms with van der Waals surface area (Å²) in [5.74, 6) is -0.194. The van der Waals surface area contributed by atoms with E-state index in [4.69, 9.17) is 0 Å². The van der Waals surface area contributed by atoms with E-state index in [1.807, 2.05) is 35.4 Å². The molecule has 4 rings (SSSR count). The van der Waals surface area contributed by atoms with Crippen molar-refractivity contribution in [1.82, 2.24) is 19.0 Å². The molecule has 1 aliphatic rings. The number of carbonyl (C=O) groups excluding carboxylic acids is 1. The van der Waals surface area contributed by atoms with E-state index >= 15 is 0 Å². The third kappa shape index (κ3) is 3.95. The van der Waals surface area contributed by atoms with Gasteiger partial charge in [-0.15, -0.1) is 0 Å². The van der Waals surface area contributed by atoms with Crippen LogP contribution in [0.15, 0.2) is 60.9 Å². The molecule has 0 unspecified atom stereocenters. The van der Waals surface area contributed by atoms with Crippen molar-refractivity contribution < 1.29 is 9.18 Å². The molecular weight excluding hydrogens is 375 g/mol. The fourth-order valence-corrected chi connectivity index (χ4v) is 3.80. The van der Waals surface area contributed by atoms with Crippen LogP contribution >= 0.6 is 11.9 Å². The van der Waals surface area contributed by atoms with Gasteiger partial charge in [0.15, 0.2) is 0 Å². The summed E-state index contributed by atoms with van der Waals surface area (Å²) in [6.45, 7) is 3.30. The van der Waals surface area contributed by atoms with E-state index in [9.17, 15) is 9.18 Å².